The Morgan fingerprint density at radius 2 is 1.97 bits per heavy atom. The molecule has 0 aliphatic heterocycles. The molecule has 7 nitrogen and oxygen atoms in total. The maximum atomic E-state index is 13.8. The van der Waals surface area contributed by atoms with Gasteiger partial charge in [-0.2, -0.15) is 5.10 Å². The molecule has 2 aromatic heterocycles. The summed E-state index contributed by atoms with van der Waals surface area (Å²) in [6, 6.07) is 15.4. The van der Waals surface area contributed by atoms with Crippen molar-refractivity contribution in [2.45, 2.75) is 37.8 Å². The van der Waals surface area contributed by atoms with Crippen molar-refractivity contribution in [3.05, 3.63) is 86.5 Å². The van der Waals surface area contributed by atoms with Gasteiger partial charge in [-0.3, -0.25) is 14.2 Å². The Labute approximate surface area is 229 Å². The van der Waals surface area contributed by atoms with Crippen LogP contribution in [0.3, 0.4) is 0 Å². The summed E-state index contributed by atoms with van der Waals surface area (Å²) in [6.45, 7) is 2.01. The molecule has 0 unspecified atom stereocenters. The molecule has 1 aliphatic carbocycles. The first-order chi connectivity index (χ1) is 18.5. The van der Waals surface area contributed by atoms with E-state index in [-0.39, 0.29) is 17.2 Å². The summed E-state index contributed by atoms with van der Waals surface area (Å²) in [6.07, 6.45) is 9.24. The Kier molecular flexibility index (Phi) is 8.05. The number of allylic oxidation sites excluding steroid dienone is 1. The molecular weight excluding hydrogens is 516 g/mol. The molecule has 0 atom stereocenters. The normalized spacial score (nSPS) is 13.3. The quantitative estimate of drug-likeness (QED) is 0.136. The maximum absolute atomic E-state index is 13.8. The molecule has 38 heavy (non-hydrogen) atoms. The zero-order valence-electron chi connectivity index (χ0n) is 21.3. The Bertz CT molecular complexity index is 1590. The van der Waals surface area contributed by atoms with Crippen LogP contribution >= 0.6 is 23.1 Å². The molecule has 0 saturated heterocycles. The number of aromatic nitrogens is 2. The van der Waals surface area contributed by atoms with Crippen LogP contribution in [0.15, 0.2) is 69.7 Å². The van der Waals surface area contributed by atoms with Crippen LogP contribution in [-0.2, 0) is 17.6 Å². The third-order valence-electron chi connectivity index (χ3n) is 6.35. The number of hydrazone groups is 1. The van der Waals surface area contributed by atoms with E-state index >= 15 is 0 Å². The number of methoxy groups -OCH3 is 1. The average Bonchev–Trinajstić information content (AvgIpc) is 3.31. The van der Waals surface area contributed by atoms with Gasteiger partial charge in [-0.15, -0.1) is 11.3 Å². The second-order valence-electron chi connectivity index (χ2n) is 8.96. The molecule has 0 spiro atoms. The second kappa shape index (κ2) is 11.8. The second-order valence-corrected chi connectivity index (χ2v) is 11.0. The lowest BCUT2D eigenvalue weighted by Crippen LogP contribution is -2.24. The van der Waals surface area contributed by atoms with E-state index in [4.69, 9.17) is 9.72 Å². The number of amides is 1. The standard InChI is InChI=1S/C29H28N4O3S2/c1-19-13-15-21(16-14-19)33-28(35)26-22-10-4-6-12-24(22)38-27(26)31-29(33)37-18-25(34)32-30-17-7-9-20-8-3-5-11-23(20)36-2/h3,5,7-9,11,13-17H,4,6,10,12,18H2,1-2H3,(H,32,34)/b9-7+,30-17-. The maximum Gasteiger partial charge on any atom is 0.267 e. The van der Waals surface area contributed by atoms with Gasteiger partial charge >= 0.3 is 0 Å². The van der Waals surface area contributed by atoms with Gasteiger partial charge in [0.15, 0.2) is 5.16 Å². The minimum absolute atomic E-state index is 0.0688. The lowest BCUT2D eigenvalue weighted by molar-refractivity contribution is -0.118. The first kappa shape index (κ1) is 25.9. The number of carbonyl (C=O) groups is 1. The Balaban J connectivity index is 1.34. The zero-order valence-corrected chi connectivity index (χ0v) is 22.9. The van der Waals surface area contributed by atoms with Crippen molar-refractivity contribution >= 4 is 51.5 Å². The van der Waals surface area contributed by atoms with Crippen LogP contribution in [0.4, 0.5) is 0 Å². The summed E-state index contributed by atoms with van der Waals surface area (Å²) in [5.41, 5.74) is 6.39. The summed E-state index contributed by atoms with van der Waals surface area (Å²) in [4.78, 5) is 33.2. The molecule has 2 heterocycles. The Morgan fingerprint density at radius 1 is 1.18 bits per heavy atom. The molecule has 5 rings (SSSR count). The summed E-state index contributed by atoms with van der Waals surface area (Å²) in [5, 5.41) is 5.23. The van der Waals surface area contributed by atoms with Gasteiger partial charge in [0.2, 0.25) is 0 Å². The van der Waals surface area contributed by atoms with E-state index in [9.17, 15) is 9.59 Å². The van der Waals surface area contributed by atoms with Crippen LogP contribution in [0.25, 0.3) is 22.0 Å². The fraction of sp³-hybridized carbons (Fsp3) is 0.241. The first-order valence-corrected chi connectivity index (χ1v) is 14.2. The summed E-state index contributed by atoms with van der Waals surface area (Å²) < 4.78 is 6.96. The van der Waals surface area contributed by atoms with Crippen LogP contribution in [0.1, 0.15) is 34.4 Å². The van der Waals surface area contributed by atoms with E-state index in [0.717, 1.165) is 64.0 Å². The number of ether oxygens (including phenoxy) is 1. The minimum Gasteiger partial charge on any atom is -0.496 e. The largest absolute Gasteiger partial charge is 0.496 e. The van der Waals surface area contributed by atoms with Crippen molar-refractivity contribution in [3.63, 3.8) is 0 Å². The molecule has 0 saturated carbocycles. The van der Waals surface area contributed by atoms with Crippen molar-refractivity contribution in [1.82, 2.24) is 15.0 Å². The highest BCUT2D eigenvalue weighted by Gasteiger charge is 2.23. The van der Waals surface area contributed by atoms with Gasteiger partial charge in [-0.05, 0) is 68.5 Å². The predicted molar refractivity (Wildman–Crippen MR) is 156 cm³/mol. The van der Waals surface area contributed by atoms with E-state index in [1.807, 2.05) is 61.5 Å². The molecule has 9 heteroatoms. The van der Waals surface area contributed by atoms with E-state index in [2.05, 4.69) is 10.5 Å². The van der Waals surface area contributed by atoms with Gasteiger partial charge in [-0.1, -0.05) is 47.7 Å². The van der Waals surface area contributed by atoms with Crippen LogP contribution in [0.5, 0.6) is 5.75 Å². The number of carbonyl (C=O) groups excluding carboxylic acids is 1. The fourth-order valence-corrected chi connectivity index (χ4v) is 6.58. The van der Waals surface area contributed by atoms with Crippen molar-refractivity contribution < 1.29 is 9.53 Å². The van der Waals surface area contributed by atoms with Gasteiger partial charge < -0.3 is 4.74 Å². The van der Waals surface area contributed by atoms with Gasteiger partial charge in [0.25, 0.3) is 11.5 Å². The molecule has 0 fully saturated rings. The third-order valence-corrected chi connectivity index (χ3v) is 8.47. The summed E-state index contributed by atoms with van der Waals surface area (Å²) >= 11 is 2.84. The number of aryl methyl sites for hydroxylation is 3. The molecule has 0 bridgehead atoms. The zero-order chi connectivity index (χ0) is 26.5. The van der Waals surface area contributed by atoms with Crippen molar-refractivity contribution in [1.29, 1.82) is 0 Å². The van der Waals surface area contributed by atoms with Crippen molar-refractivity contribution in [2.24, 2.45) is 5.10 Å². The highest BCUT2D eigenvalue weighted by Crippen LogP contribution is 2.35. The highest BCUT2D eigenvalue weighted by molar-refractivity contribution is 7.99. The highest BCUT2D eigenvalue weighted by atomic mass is 32.2. The van der Waals surface area contributed by atoms with Gasteiger partial charge in [-0.25, -0.2) is 10.4 Å². The molecule has 1 amide bonds. The van der Waals surface area contributed by atoms with Crippen molar-refractivity contribution in [3.8, 4) is 11.4 Å². The number of rotatable bonds is 8. The van der Waals surface area contributed by atoms with Crippen LogP contribution in [0, 0.1) is 6.92 Å². The molecule has 194 valence electrons. The van der Waals surface area contributed by atoms with Crippen LogP contribution in [-0.4, -0.2) is 34.5 Å². The number of thiophene rings is 1. The average molecular weight is 545 g/mol. The first-order valence-electron chi connectivity index (χ1n) is 12.4. The number of nitrogens with zero attached hydrogens (tertiary/aromatic N) is 3. The number of hydrogen-bond acceptors (Lipinski definition) is 7. The van der Waals surface area contributed by atoms with Gasteiger partial charge in [0.1, 0.15) is 10.6 Å². The fourth-order valence-electron chi connectivity index (χ4n) is 4.47. The topological polar surface area (TPSA) is 85.6 Å². The van der Waals surface area contributed by atoms with E-state index in [1.165, 1.54) is 22.9 Å². The van der Waals surface area contributed by atoms with Crippen LogP contribution < -0.4 is 15.7 Å². The number of fused-ring (bicyclic) bond motifs is 3. The summed E-state index contributed by atoms with van der Waals surface area (Å²) in [5.74, 6) is 0.545. The smallest absolute Gasteiger partial charge is 0.267 e. The summed E-state index contributed by atoms with van der Waals surface area (Å²) in [7, 11) is 1.62. The minimum atomic E-state index is -0.285. The van der Waals surface area contributed by atoms with E-state index < -0.39 is 0 Å². The van der Waals surface area contributed by atoms with Gasteiger partial charge in [0.05, 0.1) is 23.9 Å². The number of thioether (sulfide) groups is 1. The number of nitrogens with one attached hydrogen (secondary N) is 1. The number of para-hydroxylation sites is 1. The van der Waals surface area contributed by atoms with E-state index in [0.29, 0.717) is 5.16 Å². The Morgan fingerprint density at radius 3 is 2.79 bits per heavy atom. The third kappa shape index (κ3) is 5.58. The molecule has 1 N–H and O–H groups in total. The molecular formula is C29H28N4O3S2. The molecule has 4 aromatic rings. The SMILES string of the molecule is COc1ccccc1/C=C/C=N\NC(=O)CSc1nc2sc3c(c2c(=O)n1-c1ccc(C)cc1)CCCC3. The van der Waals surface area contributed by atoms with Crippen molar-refractivity contribution in [2.75, 3.05) is 12.9 Å². The molecule has 2 aromatic carbocycles. The number of hydrogen-bond donors (Lipinski definition) is 1. The lowest BCUT2D eigenvalue weighted by atomic mass is 9.97. The van der Waals surface area contributed by atoms with Gasteiger partial charge in [0, 0.05) is 16.7 Å². The van der Waals surface area contributed by atoms with E-state index in [1.54, 1.807) is 29.1 Å². The monoisotopic (exact) mass is 544 g/mol. The predicted octanol–water partition coefficient (Wildman–Crippen LogP) is 5.55. The lowest BCUT2D eigenvalue weighted by Gasteiger charge is -2.13. The van der Waals surface area contributed by atoms with Crippen LogP contribution in [0.2, 0.25) is 0 Å². The molecule has 1 aliphatic rings. The Hall–Kier alpha value is -3.69. The molecule has 0 radical (unpaired) electrons. The number of benzene rings is 2.